The lowest BCUT2D eigenvalue weighted by atomic mass is 9.87. The first kappa shape index (κ1) is 12.7. The second kappa shape index (κ2) is 5.64. The molecular weight excluding hydrogens is 194 g/mol. The third-order valence-electron chi connectivity index (χ3n) is 3.07. The highest BCUT2D eigenvalue weighted by molar-refractivity contribution is 5.64. The molecule has 1 unspecified atom stereocenters. The van der Waals surface area contributed by atoms with Gasteiger partial charge in [0, 0.05) is 11.8 Å². The minimum absolute atomic E-state index is 0.528. The van der Waals surface area contributed by atoms with Crippen molar-refractivity contribution in [1.29, 1.82) is 0 Å². The summed E-state index contributed by atoms with van der Waals surface area (Å²) in [4.78, 5) is 4.38. The number of rotatable bonds is 4. The van der Waals surface area contributed by atoms with E-state index in [1.54, 1.807) is 0 Å². The maximum atomic E-state index is 4.38. The first-order valence-corrected chi connectivity index (χ1v) is 5.85. The normalized spacial score (nSPS) is 13.3. The number of aromatic nitrogens is 1. The summed E-state index contributed by atoms with van der Waals surface area (Å²) >= 11 is 0. The minimum atomic E-state index is 0.528. The molecule has 1 heteroatoms. The van der Waals surface area contributed by atoms with Crippen LogP contribution in [0.25, 0.3) is 12.2 Å². The Bertz CT molecular complexity index is 388. The Morgan fingerprint density at radius 3 is 2.50 bits per heavy atom. The van der Waals surface area contributed by atoms with Crippen LogP contribution in [0.2, 0.25) is 0 Å². The van der Waals surface area contributed by atoms with Crippen LogP contribution in [0.3, 0.4) is 0 Å². The van der Waals surface area contributed by atoms with Gasteiger partial charge in [0.15, 0.2) is 0 Å². The molecule has 0 amide bonds. The highest BCUT2D eigenvalue weighted by Gasteiger charge is 2.14. The zero-order valence-electron chi connectivity index (χ0n) is 10.7. The van der Waals surface area contributed by atoms with Crippen molar-refractivity contribution < 1.29 is 0 Å². The Kier molecular flexibility index (Phi) is 4.48. The molecule has 0 fully saturated rings. The Morgan fingerprint density at radius 2 is 2.00 bits per heavy atom. The van der Waals surface area contributed by atoms with E-state index in [1.165, 1.54) is 11.1 Å². The van der Waals surface area contributed by atoms with Gasteiger partial charge in [-0.25, -0.2) is 0 Å². The molecule has 1 nitrogen and oxygen atoms in total. The van der Waals surface area contributed by atoms with Crippen molar-refractivity contribution in [2.75, 3.05) is 0 Å². The van der Waals surface area contributed by atoms with Crippen LogP contribution in [0.4, 0.5) is 0 Å². The maximum Gasteiger partial charge on any atom is 0.0701 e. The van der Waals surface area contributed by atoms with E-state index >= 15 is 0 Å². The van der Waals surface area contributed by atoms with Crippen molar-refractivity contribution in [3.8, 4) is 0 Å². The molecule has 0 saturated heterocycles. The minimum Gasteiger partial charge on any atom is -0.256 e. The number of hydrogen-bond acceptors (Lipinski definition) is 1. The van der Waals surface area contributed by atoms with Gasteiger partial charge in [-0.2, -0.15) is 0 Å². The van der Waals surface area contributed by atoms with Gasteiger partial charge in [-0.15, -0.1) is 0 Å². The number of hydrogen-bond donors (Lipinski definition) is 0. The van der Waals surface area contributed by atoms with E-state index in [0.717, 1.165) is 5.69 Å². The molecule has 86 valence electrons. The summed E-state index contributed by atoms with van der Waals surface area (Å²) in [5.41, 5.74) is 3.53. The summed E-state index contributed by atoms with van der Waals surface area (Å²) in [6.07, 6.45) is 7.85. The largest absolute Gasteiger partial charge is 0.256 e. The highest BCUT2D eigenvalue weighted by Crippen LogP contribution is 2.28. The van der Waals surface area contributed by atoms with Gasteiger partial charge in [-0.3, -0.25) is 4.98 Å². The Balaban J connectivity index is 3.28. The number of nitrogens with zero attached hydrogens (tertiary/aromatic N) is 1. The predicted octanol–water partition coefficient (Wildman–Crippen LogP) is 4.52. The first-order valence-electron chi connectivity index (χ1n) is 5.85. The van der Waals surface area contributed by atoms with E-state index in [9.17, 15) is 0 Å². The Labute approximate surface area is 98.9 Å². The molecule has 0 N–H and O–H groups in total. The Morgan fingerprint density at radius 1 is 1.31 bits per heavy atom. The van der Waals surface area contributed by atoms with Gasteiger partial charge in [0.25, 0.3) is 0 Å². The molecule has 1 atom stereocenters. The summed E-state index contributed by atoms with van der Waals surface area (Å²) in [7, 11) is 0. The van der Waals surface area contributed by atoms with E-state index < -0.39 is 0 Å². The van der Waals surface area contributed by atoms with Crippen LogP contribution in [-0.4, -0.2) is 4.98 Å². The van der Waals surface area contributed by atoms with Crippen molar-refractivity contribution in [1.82, 2.24) is 4.98 Å². The zero-order valence-corrected chi connectivity index (χ0v) is 10.7. The second-order valence-corrected chi connectivity index (χ2v) is 4.44. The van der Waals surface area contributed by atoms with Gasteiger partial charge in [0.05, 0.1) is 5.69 Å². The number of pyridine rings is 1. The average molecular weight is 215 g/mol. The van der Waals surface area contributed by atoms with Crippen molar-refractivity contribution in [3.63, 3.8) is 0 Å². The maximum absolute atomic E-state index is 4.38. The van der Waals surface area contributed by atoms with Crippen molar-refractivity contribution >= 4 is 12.2 Å². The first-order chi connectivity index (χ1) is 7.61. The molecule has 0 bridgehead atoms. The fraction of sp³-hybridized carbons (Fsp3) is 0.400. The van der Waals surface area contributed by atoms with Gasteiger partial charge >= 0.3 is 0 Å². The van der Waals surface area contributed by atoms with Gasteiger partial charge in [0.2, 0.25) is 0 Å². The molecule has 1 rings (SSSR count). The lowest BCUT2D eigenvalue weighted by Crippen LogP contribution is -2.05. The topological polar surface area (TPSA) is 12.9 Å². The molecule has 0 aliphatic rings. The van der Waals surface area contributed by atoms with E-state index in [-0.39, 0.29) is 0 Å². The summed E-state index contributed by atoms with van der Waals surface area (Å²) in [6, 6.07) is 2.11. The quantitative estimate of drug-likeness (QED) is 0.719. The molecule has 0 radical (unpaired) electrons. The van der Waals surface area contributed by atoms with Gasteiger partial charge in [-0.1, -0.05) is 39.5 Å². The molecule has 0 aliphatic heterocycles. The fourth-order valence-electron chi connectivity index (χ4n) is 1.77. The van der Waals surface area contributed by atoms with Gasteiger partial charge in [-0.05, 0) is 36.5 Å². The van der Waals surface area contributed by atoms with Crippen LogP contribution in [0.5, 0.6) is 0 Å². The number of allylic oxidation sites excluding steroid dienone is 1. The molecule has 1 aromatic rings. The third kappa shape index (κ3) is 2.60. The molecular formula is C15H21N. The lowest BCUT2D eigenvalue weighted by Gasteiger charge is -2.19. The third-order valence-corrected chi connectivity index (χ3v) is 3.07. The van der Waals surface area contributed by atoms with Crippen LogP contribution >= 0.6 is 0 Å². The summed E-state index contributed by atoms with van der Waals surface area (Å²) in [6.45, 7) is 12.7. The summed E-state index contributed by atoms with van der Waals surface area (Å²) in [5.74, 6) is 1.15. The van der Waals surface area contributed by atoms with E-state index in [4.69, 9.17) is 0 Å². The molecule has 0 aromatic carbocycles. The second-order valence-electron chi connectivity index (χ2n) is 4.44. The molecule has 1 heterocycles. The molecule has 0 aliphatic carbocycles. The van der Waals surface area contributed by atoms with Crippen molar-refractivity contribution in [2.24, 2.45) is 5.92 Å². The van der Waals surface area contributed by atoms with Crippen LogP contribution in [0.1, 0.15) is 50.4 Å². The average Bonchev–Trinajstić information content (AvgIpc) is 2.28. The zero-order chi connectivity index (χ0) is 12.1. The molecule has 16 heavy (non-hydrogen) atoms. The van der Waals surface area contributed by atoms with E-state index in [2.05, 4.69) is 38.4 Å². The van der Waals surface area contributed by atoms with Crippen molar-refractivity contribution in [3.05, 3.63) is 41.7 Å². The van der Waals surface area contributed by atoms with Crippen LogP contribution in [-0.2, 0) is 0 Å². The predicted molar refractivity (Wildman–Crippen MR) is 72.3 cm³/mol. The van der Waals surface area contributed by atoms with E-state index in [1.807, 2.05) is 31.3 Å². The molecule has 0 saturated carbocycles. The molecule has 0 spiro atoms. The summed E-state index contributed by atoms with van der Waals surface area (Å²) < 4.78 is 0. The molecule has 1 aromatic heterocycles. The SMILES string of the molecule is C=Cc1c(C(C)C(C)C)ccnc1/C=C\C. The van der Waals surface area contributed by atoms with Gasteiger partial charge in [0.1, 0.15) is 0 Å². The van der Waals surface area contributed by atoms with E-state index in [0.29, 0.717) is 11.8 Å². The van der Waals surface area contributed by atoms with Crippen molar-refractivity contribution in [2.45, 2.75) is 33.6 Å². The lowest BCUT2D eigenvalue weighted by molar-refractivity contribution is 0.534. The Hall–Kier alpha value is -1.37. The van der Waals surface area contributed by atoms with Gasteiger partial charge < -0.3 is 0 Å². The summed E-state index contributed by atoms with van der Waals surface area (Å²) in [5, 5.41) is 0. The van der Waals surface area contributed by atoms with Crippen LogP contribution in [0.15, 0.2) is 24.9 Å². The van der Waals surface area contributed by atoms with Crippen LogP contribution < -0.4 is 0 Å². The monoisotopic (exact) mass is 215 g/mol. The smallest absolute Gasteiger partial charge is 0.0701 e. The van der Waals surface area contributed by atoms with Crippen LogP contribution in [0, 0.1) is 5.92 Å². The highest BCUT2D eigenvalue weighted by atomic mass is 14.7. The standard InChI is InChI=1S/C15H21N/c1-6-8-15-13(7-2)14(9-10-16-15)12(5)11(3)4/h6-12H,2H2,1,3-5H3/b8-6-. The fourth-order valence-corrected chi connectivity index (χ4v) is 1.77.